The van der Waals surface area contributed by atoms with Gasteiger partial charge in [-0.3, -0.25) is 0 Å². The fourth-order valence-electron chi connectivity index (χ4n) is 1.56. The van der Waals surface area contributed by atoms with Crippen LogP contribution < -0.4 is 5.32 Å². The summed E-state index contributed by atoms with van der Waals surface area (Å²) in [5.74, 6) is 0. The first-order valence-corrected chi connectivity index (χ1v) is 5.54. The number of nitrogens with one attached hydrogen (secondary N) is 1. The molecule has 0 heterocycles. The summed E-state index contributed by atoms with van der Waals surface area (Å²) in [6.45, 7) is 0.720. The Hall–Kier alpha value is -0.940. The van der Waals surface area contributed by atoms with Crippen molar-refractivity contribution in [3.05, 3.63) is 0 Å². The monoisotopic (exact) mass is 238 g/mol. The largest absolute Gasteiger partial charge is 0.406 e. The van der Waals surface area contributed by atoms with Crippen molar-refractivity contribution in [1.82, 2.24) is 10.2 Å². The van der Waals surface area contributed by atoms with Crippen molar-refractivity contribution in [2.75, 3.05) is 13.1 Å². The minimum Gasteiger partial charge on any atom is -0.335 e. The number of carbonyl (C=O) groups excluding carboxylic acids is 1. The van der Waals surface area contributed by atoms with Crippen LogP contribution in [0.1, 0.15) is 32.6 Å². The fraction of sp³-hybridized carbons (Fsp3) is 0.900. The molecule has 0 aromatic rings. The summed E-state index contributed by atoms with van der Waals surface area (Å²) < 4.78 is 36.6. The second kappa shape index (κ2) is 5.41. The van der Waals surface area contributed by atoms with E-state index in [0.717, 1.165) is 24.2 Å². The van der Waals surface area contributed by atoms with Gasteiger partial charge in [-0.2, -0.15) is 13.2 Å². The predicted octanol–water partition coefficient (Wildman–Crippen LogP) is 2.52. The Morgan fingerprint density at radius 3 is 2.44 bits per heavy atom. The van der Waals surface area contributed by atoms with Gasteiger partial charge in [0, 0.05) is 12.6 Å². The van der Waals surface area contributed by atoms with E-state index in [-0.39, 0.29) is 12.6 Å². The maximum Gasteiger partial charge on any atom is 0.406 e. The van der Waals surface area contributed by atoms with E-state index < -0.39 is 18.8 Å². The van der Waals surface area contributed by atoms with E-state index in [2.05, 4.69) is 5.32 Å². The molecule has 1 aliphatic rings. The fourth-order valence-corrected chi connectivity index (χ4v) is 1.56. The van der Waals surface area contributed by atoms with Crippen LogP contribution in [-0.2, 0) is 0 Å². The molecule has 0 bridgehead atoms. The van der Waals surface area contributed by atoms with Crippen molar-refractivity contribution in [1.29, 1.82) is 0 Å². The Balaban J connectivity index is 2.43. The first-order valence-electron chi connectivity index (χ1n) is 5.54. The van der Waals surface area contributed by atoms with Gasteiger partial charge < -0.3 is 10.2 Å². The number of hydrogen-bond acceptors (Lipinski definition) is 1. The van der Waals surface area contributed by atoms with E-state index in [1.807, 2.05) is 0 Å². The number of halogens is 3. The van der Waals surface area contributed by atoms with Crippen LogP contribution in [0.3, 0.4) is 0 Å². The molecule has 0 atom stereocenters. The number of urea groups is 1. The molecule has 16 heavy (non-hydrogen) atoms. The van der Waals surface area contributed by atoms with E-state index in [1.165, 1.54) is 0 Å². The quantitative estimate of drug-likeness (QED) is 0.802. The molecule has 0 unspecified atom stereocenters. The minimum atomic E-state index is -4.33. The molecule has 0 aliphatic heterocycles. The van der Waals surface area contributed by atoms with Crippen LogP contribution in [-0.4, -0.2) is 36.2 Å². The average molecular weight is 238 g/mol. The van der Waals surface area contributed by atoms with Crippen LogP contribution in [0.25, 0.3) is 0 Å². The van der Waals surface area contributed by atoms with Crippen molar-refractivity contribution >= 4 is 6.03 Å². The second-order valence-corrected chi connectivity index (χ2v) is 4.11. The van der Waals surface area contributed by atoms with E-state index in [0.29, 0.717) is 6.42 Å². The molecule has 1 saturated carbocycles. The molecule has 94 valence electrons. The van der Waals surface area contributed by atoms with E-state index >= 15 is 0 Å². The van der Waals surface area contributed by atoms with Gasteiger partial charge >= 0.3 is 12.2 Å². The Morgan fingerprint density at radius 1 is 1.44 bits per heavy atom. The third kappa shape index (κ3) is 4.28. The Bertz CT molecular complexity index is 239. The van der Waals surface area contributed by atoms with Gasteiger partial charge in [0.05, 0.1) is 0 Å². The van der Waals surface area contributed by atoms with E-state index in [1.54, 1.807) is 6.92 Å². The van der Waals surface area contributed by atoms with Gasteiger partial charge in [0.15, 0.2) is 0 Å². The normalized spacial score (nSPS) is 16.8. The molecule has 0 spiro atoms. The summed E-state index contributed by atoms with van der Waals surface area (Å²) >= 11 is 0. The Morgan fingerprint density at radius 2 is 2.06 bits per heavy atom. The summed E-state index contributed by atoms with van der Waals surface area (Å²) in [7, 11) is 0. The zero-order chi connectivity index (χ0) is 12.2. The van der Waals surface area contributed by atoms with Crippen LogP contribution in [0.2, 0.25) is 0 Å². The molecule has 3 nitrogen and oxygen atoms in total. The first-order chi connectivity index (χ1) is 7.42. The lowest BCUT2D eigenvalue weighted by Gasteiger charge is -2.31. The number of alkyl halides is 3. The number of nitrogens with zero attached hydrogens (tertiary/aromatic N) is 1. The summed E-state index contributed by atoms with van der Waals surface area (Å²) in [5.41, 5.74) is 0. The Labute approximate surface area is 93.0 Å². The predicted molar refractivity (Wildman–Crippen MR) is 54.1 cm³/mol. The van der Waals surface area contributed by atoms with Gasteiger partial charge in [0.2, 0.25) is 0 Å². The standard InChI is InChI=1S/C10H17F3N2O/c1-2-6-15(7-10(11,12)13)9(16)14-8-4-3-5-8/h8H,2-7H2,1H3,(H,14,16). The van der Waals surface area contributed by atoms with Crippen molar-refractivity contribution in [3.63, 3.8) is 0 Å². The van der Waals surface area contributed by atoms with Gasteiger partial charge in [-0.05, 0) is 25.7 Å². The number of rotatable bonds is 4. The highest BCUT2D eigenvalue weighted by Crippen LogP contribution is 2.20. The maximum absolute atomic E-state index is 12.2. The van der Waals surface area contributed by atoms with E-state index in [4.69, 9.17) is 0 Å². The summed E-state index contributed by atoms with van der Waals surface area (Å²) in [6, 6.07) is -0.524. The first kappa shape index (κ1) is 13.1. The maximum atomic E-state index is 12.2. The molecule has 1 rings (SSSR count). The minimum absolute atomic E-state index is 0.0695. The Kier molecular flexibility index (Phi) is 4.44. The van der Waals surface area contributed by atoms with Crippen molar-refractivity contribution < 1.29 is 18.0 Å². The topological polar surface area (TPSA) is 32.3 Å². The van der Waals surface area contributed by atoms with Gasteiger partial charge in [0.1, 0.15) is 6.54 Å². The van der Waals surface area contributed by atoms with E-state index in [9.17, 15) is 18.0 Å². The highest BCUT2D eigenvalue weighted by atomic mass is 19.4. The molecular formula is C10H17F3N2O. The van der Waals surface area contributed by atoms with Gasteiger partial charge in [-0.15, -0.1) is 0 Å². The van der Waals surface area contributed by atoms with Crippen molar-refractivity contribution in [3.8, 4) is 0 Å². The summed E-state index contributed by atoms with van der Waals surface area (Å²) in [6.07, 6.45) is -1.02. The van der Waals surface area contributed by atoms with Crippen molar-refractivity contribution in [2.45, 2.75) is 44.8 Å². The molecule has 0 saturated heterocycles. The lowest BCUT2D eigenvalue weighted by molar-refractivity contribution is -0.140. The molecule has 0 aromatic heterocycles. The third-order valence-corrected chi connectivity index (χ3v) is 2.58. The highest BCUT2D eigenvalue weighted by Gasteiger charge is 2.33. The molecule has 1 aliphatic carbocycles. The molecule has 6 heteroatoms. The third-order valence-electron chi connectivity index (χ3n) is 2.58. The lowest BCUT2D eigenvalue weighted by Crippen LogP contribution is -2.50. The van der Waals surface area contributed by atoms with Crippen LogP contribution >= 0.6 is 0 Å². The summed E-state index contributed by atoms with van der Waals surface area (Å²) in [4.78, 5) is 12.4. The lowest BCUT2D eigenvalue weighted by atomic mass is 9.93. The molecule has 0 radical (unpaired) electrons. The zero-order valence-electron chi connectivity index (χ0n) is 9.31. The van der Waals surface area contributed by atoms with Crippen molar-refractivity contribution in [2.24, 2.45) is 0 Å². The van der Waals surface area contributed by atoms with Gasteiger partial charge in [-0.1, -0.05) is 6.92 Å². The SMILES string of the molecule is CCCN(CC(F)(F)F)C(=O)NC1CCC1. The highest BCUT2D eigenvalue weighted by molar-refractivity contribution is 5.74. The smallest absolute Gasteiger partial charge is 0.335 e. The number of amides is 2. The van der Waals surface area contributed by atoms with Gasteiger partial charge in [-0.25, -0.2) is 4.79 Å². The number of carbonyl (C=O) groups is 1. The average Bonchev–Trinajstić information content (AvgIpc) is 2.08. The number of hydrogen-bond donors (Lipinski definition) is 1. The molecule has 2 amide bonds. The van der Waals surface area contributed by atoms with Crippen LogP contribution in [0, 0.1) is 0 Å². The van der Waals surface area contributed by atoms with Gasteiger partial charge in [0.25, 0.3) is 0 Å². The second-order valence-electron chi connectivity index (χ2n) is 4.11. The van der Waals surface area contributed by atoms with Crippen LogP contribution in [0.4, 0.5) is 18.0 Å². The molecule has 0 aromatic carbocycles. The molecule has 1 N–H and O–H groups in total. The molecule has 1 fully saturated rings. The zero-order valence-corrected chi connectivity index (χ0v) is 9.31. The molecular weight excluding hydrogens is 221 g/mol. The van der Waals surface area contributed by atoms with Crippen LogP contribution in [0.5, 0.6) is 0 Å². The van der Waals surface area contributed by atoms with Crippen LogP contribution in [0.15, 0.2) is 0 Å². The summed E-state index contributed by atoms with van der Waals surface area (Å²) in [5, 5.41) is 2.61.